The number of rotatable bonds is 2. The summed E-state index contributed by atoms with van der Waals surface area (Å²) in [4.78, 5) is 22.5. The molecule has 0 spiro atoms. The van der Waals surface area contributed by atoms with Gasteiger partial charge in [0.05, 0.1) is 6.61 Å². The predicted molar refractivity (Wildman–Crippen MR) is 52.5 cm³/mol. The molecule has 1 aromatic rings. The summed E-state index contributed by atoms with van der Waals surface area (Å²) < 4.78 is 10.3. The van der Waals surface area contributed by atoms with Crippen LogP contribution in [0.5, 0.6) is 0 Å². The summed E-state index contributed by atoms with van der Waals surface area (Å²) in [6.07, 6.45) is -1.58. The molecule has 0 radical (unpaired) electrons. The van der Waals surface area contributed by atoms with E-state index in [1.165, 1.54) is 0 Å². The van der Waals surface area contributed by atoms with E-state index >= 15 is 0 Å². The lowest BCUT2D eigenvalue weighted by molar-refractivity contribution is -0.126. The molecule has 1 aromatic carbocycles. The van der Waals surface area contributed by atoms with Crippen molar-refractivity contribution in [2.75, 3.05) is 6.61 Å². The molecule has 3 rings (SSSR count). The number of carbonyl (C=O) groups excluding carboxylic acids is 2. The quantitative estimate of drug-likeness (QED) is 0.737. The SMILES string of the molecule is O=C1NC(=O)C(C2(c3ccccc3)CO2)O1. The van der Waals surface area contributed by atoms with Gasteiger partial charge in [0.2, 0.25) is 6.10 Å². The van der Waals surface area contributed by atoms with Crippen molar-refractivity contribution in [3.8, 4) is 0 Å². The van der Waals surface area contributed by atoms with Crippen molar-refractivity contribution in [3.63, 3.8) is 0 Å². The number of cyclic esters (lactones) is 1. The van der Waals surface area contributed by atoms with Crippen molar-refractivity contribution >= 4 is 12.0 Å². The topological polar surface area (TPSA) is 67.9 Å². The van der Waals surface area contributed by atoms with Gasteiger partial charge >= 0.3 is 6.09 Å². The van der Waals surface area contributed by atoms with Crippen LogP contribution in [0, 0.1) is 0 Å². The maximum atomic E-state index is 11.5. The summed E-state index contributed by atoms with van der Waals surface area (Å²) in [6.45, 7) is 0.391. The lowest BCUT2D eigenvalue weighted by Crippen LogP contribution is -2.35. The van der Waals surface area contributed by atoms with Gasteiger partial charge in [0.25, 0.3) is 5.91 Å². The molecule has 1 N–H and O–H groups in total. The average Bonchev–Trinajstić information content (AvgIpc) is 3.02. The zero-order valence-corrected chi connectivity index (χ0v) is 8.30. The second-order valence-corrected chi connectivity index (χ2v) is 3.82. The Hall–Kier alpha value is -1.88. The monoisotopic (exact) mass is 219 g/mol. The Morgan fingerprint density at radius 1 is 1.25 bits per heavy atom. The van der Waals surface area contributed by atoms with Crippen molar-refractivity contribution in [3.05, 3.63) is 35.9 Å². The molecule has 82 valence electrons. The summed E-state index contributed by atoms with van der Waals surface area (Å²) in [5, 5.41) is 2.10. The van der Waals surface area contributed by atoms with E-state index in [0.29, 0.717) is 6.61 Å². The second-order valence-electron chi connectivity index (χ2n) is 3.82. The molecule has 0 saturated carbocycles. The first-order valence-electron chi connectivity index (χ1n) is 4.93. The first-order chi connectivity index (χ1) is 7.72. The van der Waals surface area contributed by atoms with Crippen molar-refractivity contribution in [1.82, 2.24) is 5.32 Å². The van der Waals surface area contributed by atoms with E-state index in [9.17, 15) is 9.59 Å². The molecule has 2 aliphatic rings. The van der Waals surface area contributed by atoms with E-state index in [0.717, 1.165) is 5.56 Å². The zero-order valence-electron chi connectivity index (χ0n) is 8.30. The number of amides is 2. The van der Waals surface area contributed by atoms with E-state index in [2.05, 4.69) is 5.32 Å². The van der Waals surface area contributed by atoms with Crippen LogP contribution in [0.2, 0.25) is 0 Å². The van der Waals surface area contributed by atoms with Crippen LogP contribution in [0.25, 0.3) is 0 Å². The van der Waals surface area contributed by atoms with Crippen LogP contribution in [0.1, 0.15) is 5.56 Å². The Morgan fingerprint density at radius 2 is 1.94 bits per heavy atom. The van der Waals surface area contributed by atoms with Gasteiger partial charge in [0.1, 0.15) is 0 Å². The molecule has 2 amide bonds. The normalized spacial score (nSPS) is 32.1. The van der Waals surface area contributed by atoms with E-state index in [-0.39, 0.29) is 0 Å². The van der Waals surface area contributed by atoms with Crippen LogP contribution in [0.3, 0.4) is 0 Å². The molecule has 2 unspecified atom stereocenters. The van der Waals surface area contributed by atoms with Crippen LogP contribution >= 0.6 is 0 Å². The van der Waals surface area contributed by atoms with Gasteiger partial charge in [-0.25, -0.2) is 4.79 Å². The predicted octanol–water partition coefficient (Wildman–Crippen LogP) is 0.547. The highest BCUT2D eigenvalue weighted by Crippen LogP contribution is 2.44. The molecule has 5 heteroatoms. The number of hydrogen-bond acceptors (Lipinski definition) is 4. The lowest BCUT2D eigenvalue weighted by atomic mass is 9.94. The first kappa shape index (κ1) is 9.35. The van der Waals surface area contributed by atoms with Crippen molar-refractivity contribution in [2.24, 2.45) is 0 Å². The second kappa shape index (κ2) is 3.05. The minimum absolute atomic E-state index is 0.391. The van der Waals surface area contributed by atoms with Crippen LogP contribution in [-0.2, 0) is 19.9 Å². The Balaban J connectivity index is 1.95. The summed E-state index contributed by atoms with van der Waals surface area (Å²) in [5.41, 5.74) is 0.0715. The fraction of sp³-hybridized carbons (Fsp3) is 0.273. The minimum Gasteiger partial charge on any atom is -0.432 e. The number of hydrogen-bond donors (Lipinski definition) is 1. The van der Waals surface area contributed by atoms with Gasteiger partial charge < -0.3 is 9.47 Å². The van der Waals surface area contributed by atoms with Crippen LogP contribution in [-0.4, -0.2) is 24.7 Å². The average molecular weight is 219 g/mol. The van der Waals surface area contributed by atoms with E-state index in [4.69, 9.17) is 9.47 Å². The number of imide groups is 1. The van der Waals surface area contributed by atoms with Gasteiger partial charge in [-0.1, -0.05) is 30.3 Å². The maximum Gasteiger partial charge on any atom is 0.414 e. The van der Waals surface area contributed by atoms with Gasteiger partial charge in [-0.2, -0.15) is 0 Å². The molecule has 5 nitrogen and oxygen atoms in total. The minimum atomic E-state index is -0.873. The van der Waals surface area contributed by atoms with Gasteiger partial charge in [0.15, 0.2) is 5.60 Å². The largest absolute Gasteiger partial charge is 0.432 e. The number of carbonyl (C=O) groups is 2. The van der Waals surface area contributed by atoms with Crippen LogP contribution in [0.15, 0.2) is 30.3 Å². The number of alkyl carbamates (subject to hydrolysis) is 1. The van der Waals surface area contributed by atoms with Gasteiger partial charge in [-0.3, -0.25) is 10.1 Å². The molecule has 2 heterocycles. The van der Waals surface area contributed by atoms with Gasteiger partial charge in [0, 0.05) is 0 Å². The van der Waals surface area contributed by atoms with Crippen molar-refractivity contribution in [1.29, 1.82) is 0 Å². The van der Waals surface area contributed by atoms with Gasteiger partial charge in [-0.15, -0.1) is 0 Å². The van der Waals surface area contributed by atoms with Crippen molar-refractivity contribution in [2.45, 2.75) is 11.7 Å². The highest BCUT2D eigenvalue weighted by atomic mass is 16.6. The lowest BCUT2D eigenvalue weighted by Gasteiger charge is -2.15. The van der Waals surface area contributed by atoms with E-state index in [1.807, 2.05) is 30.3 Å². The highest BCUT2D eigenvalue weighted by molar-refractivity contribution is 6.01. The molecular formula is C11H9NO4. The van der Waals surface area contributed by atoms with Gasteiger partial charge in [-0.05, 0) is 5.56 Å². The molecular weight excluding hydrogens is 210 g/mol. The Kier molecular flexibility index (Phi) is 1.79. The standard InChI is InChI=1S/C11H9NO4/c13-9-8(16-10(14)12-9)11(6-15-11)7-4-2-1-3-5-7/h1-5,8H,6H2,(H,12,13,14). The Labute approximate surface area is 91.3 Å². The Bertz CT molecular complexity index is 452. The molecule has 0 bridgehead atoms. The number of nitrogens with one attached hydrogen (secondary N) is 1. The summed E-state index contributed by atoms with van der Waals surface area (Å²) in [6, 6.07) is 9.29. The van der Waals surface area contributed by atoms with Crippen LogP contribution in [0.4, 0.5) is 4.79 Å². The maximum absolute atomic E-state index is 11.5. The van der Waals surface area contributed by atoms with E-state index < -0.39 is 23.7 Å². The fourth-order valence-corrected chi connectivity index (χ4v) is 1.93. The molecule has 0 aromatic heterocycles. The number of ether oxygens (including phenoxy) is 2. The van der Waals surface area contributed by atoms with Crippen LogP contribution < -0.4 is 5.32 Å². The summed E-state index contributed by atoms with van der Waals surface area (Å²) in [5.74, 6) is -0.439. The molecule has 2 fully saturated rings. The van der Waals surface area contributed by atoms with E-state index in [1.54, 1.807) is 0 Å². The summed E-state index contributed by atoms with van der Waals surface area (Å²) >= 11 is 0. The third kappa shape index (κ3) is 1.22. The van der Waals surface area contributed by atoms with Crippen molar-refractivity contribution < 1.29 is 19.1 Å². The highest BCUT2D eigenvalue weighted by Gasteiger charge is 2.60. The molecule has 0 aliphatic carbocycles. The molecule has 16 heavy (non-hydrogen) atoms. The number of epoxide rings is 1. The Morgan fingerprint density at radius 3 is 2.44 bits per heavy atom. The summed E-state index contributed by atoms with van der Waals surface area (Å²) in [7, 11) is 0. The fourth-order valence-electron chi connectivity index (χ4n) is 1.93. The zero-order chi connectivity index (χ0) is 11.2. The number of benzene rings is 1. The molecule has 2 aliphatic heterocycles. The smallest absolute Gasteiger partial charge is 0.414 e. The third-order valence-electron chi connectivity index (χ3n) is 2.83. The molecule has 2 atom stereocenters. The first-order valence-corrected chi connectivity index (χ1v) is 4.93. The molecule has 2 saturated heterocycles. The third-order valence-corrected chi connectivity index (χ3v) is 2.83.